The summed E-state index contributed by atoms with van der Waals surface area (Å²) >= 11 is 11.9. The molecule has 158 valence electrons. The van der Waals surface area contributed by atoms with E-state index in [0.717, 1.165) is 4.90 Å². The molecule has 3 atom stereocenters. The number of aliphatic hydroxyl groups excluding tert-OH is 1. The van der Waals surface area contributed by atoms with E-state index in [4.69, 9.17) is 32.7 Å². The molecular formula is C18H22Cl2F3NO4. The second-order valence-electron chi connectivity index (χ2n) is 7.54. The molecular weight excluding hydrogens is 422 g/mol. The van der Waals surface area contributed by atoms with Crippen LogP contribution in [0.25, 0.3) is 0 Å². The topological polar surface area (TPSA) is 59.0 Å². The first-order chi connectivity index (χ1) is 12.8. The van der Waals surface area contributed by atoms with Gasteiger partial charge in [0.15, 0.2) is 6.10 Å². The number of nitrogens with zero attached hydrogens (tertiary/aromatic N) is 1. The lowest BCUT2D eigenvalue weighted by Crippen LogP contribution is -2.46. The van der Waals surface area contributed by atoms with Crippen molar-refractivity contribution >= 4 is 29.3 Å². The zero-order chi connectivity index (χ0) is 21.3. The van der Waals surface area contributed by atoms with Crippen LogP contribution in [0.1, 0.15) is 32.4 Å². The average molecular weight is 444 g/mol. The van der Waals surface area contributed by atoms with Gasteiger partial charge < -0.3 is 19.5 Å². The van der Waals surface area contributed by atoms with Gasteiger partial charge in [-0.25, -0.2) is 4.79 Å². The molecule has 1 fully saturated rings. The summed E-state index contributed by atoms with van der Waals surface area (Å²) in [7, 11) is 0. The first-order valence-corrected chi connectivity index (χ1v) is 9.34. The van der Waals surface area contributed by atoms with Crippen molar-refractivity contribution in [2.45, 2.75) is 44.8 Å². The SMILES string of the molecule is CC(C)(C)OC(=O)N1CCO[C@@H](c2ccc(Cl)c(Cl)c2)[C@H](C(O)C(F)(F)F)C1. The molecule has 1 heterocycles. The van der Waals surface area contributed by atoms with Crippen LogP contribution in [0, 0.1) is 5.92 Å². The summed E-state index contributed by atoms with van der Waals surface area (Å²) in [6.07, 6.45) is -9.52. The molecule has 1 aromatic rings. The summed E-state index contributed by atoms with van der Waals surface area (Å²) in [6, 6.07) is 4.32. The van der Waals surface area contributed by atoms with E-state index in [0.29, 0.717) is 5.56 Å². The monoisotopic (exact) mass is 443 g/mol. The minimum atomic E-state index is -4.90. The highest BCUT2D eigenvalue weighted by atomic mass is 35.5. The fraction of sp³-hybridized carbons (Fsp3) is 0.611. The van der Waals surface area contributed by atoms with Crippen molar-refractivity contribution in [1.82, 2.24) is 4.90 Å². The Balaban J connectivity index is 2.36. The molecule has 10 heteroatoms. The van der Waals surface area contributed by atoms with E-state index in [1.54, 1.807) is 20.8 Å². The summed E-state index contributed by atoms with van der Waals surface area (Å²) in [4.78, 5) is 13.5. The maximum Gasteiger partial charge on any atom is 0.414 e. The largest absolute Gasteiger partial charge is 0.444 e. The molecule has 0 aliphatic carbocycles. The third kappa shape index (κ3) is 5.89. The number of ether oxygens (including phenoxy) is 2. The molecule has 0 saturated carbocycles. The van der Waals surface area contributed by atoms with Crippen molar-refractivity contribution in [2.75, 3.05) is 19.7 Å². The van der Waals surface area contributed by atoms with Crippen LogP contribution in [0.3, 0.4) is 0 Å². The number of halogens is 5. The Morgan fingerprint density at radius 2 is 1.93 bits per heavy atom. The van der Waals surface area contributed by atoms with E-state index in [1.807, 2.05) is 0 Å². The fourth-order valence-electron chi connectivity index (χ4n) is 2.89. The van der Waals surface area contributed by atoms with Crippen LogP contribution in [0.4, 0.5) is 18.0 Å². The van der Waals surface area contributed by atoms with Gasteiger partial charge in [0.2, 0.25) is 0 Å². The van der Waals surface area contributed by atoms with Crippen LogP contribution < -0.4 is 0 Å². The van der Waals surface area contributed by atoms with Crippen molar-refractivity contribution in [2.24, 2.45) is 5.92 Å². The third-order valence-corrected chi connectivity index (χ3v) is 4.88. The third-order valence-electron chi connectivity index (χ3n) is 4.14. The van der Waals surface area contributed by atoms with E-state index < -0.39 is 42.5 Å². The number of amides is 1. The van der Waals surface area contributed by atoms with E-state index in [9.17, 15) is 23.1 Å². The van der Waals surface area contributed by atoms with Gasteiger partial charge in [-0.1, -0.05) is 29.3 Å². The van der Waals surface area contributed by atoms with Gasteiger partial charge >= 0.3 is 12.3 Å². The predicted molar refractivity (Wildman–Crippen MR) is 98.5 cm³/mol. The highest BCUT2D eigenvalue weighted by Gasteiger charge is 2.49. The standard InChI is InChI=1S/C18H22Cl2F3NO4/c1-17(2,3)28-16(26)24-6-7-27-14(10-4-5-12(19)13(20)8-10)11(9-24)15(25)18(21,22)23/h4-5,8,11,14-15,25H,6-7,9H2,1-3H3/t11-,14+,15?/m1/s1. The predicted octanol–water partition coefficient (Wildman–Crippen LogP) is 4.84. The molecule has 0 bridgehead atoms. The Morgan fingerprint density at radius 1 is 1.29 bits per heavy atom. The summed E-state index contributed by atoms with van der Waals surface area (Å²) in [6.45, 7) is 4.54. The molecule has 2 rings (SSSR count). The first-order valence-electron chi connectivity index (χ1n) is 8.59. The average Bonchev–Trinajstić information content (AvgIpc) is 2.77. The van der Waals surface area contributed by atoms with Crippen molar-refractivity contribution in [3.63, 3.8) is 0 Å². The summed E-state index contributed by atoms with van der Waals surface area (Å²) in [5, 5.41) is 10.4. The number of carbonyl (C=O) groups excluding carboxylic acids is 1. The normalized spacial score (nSPS) is 22.5. The number of hydrogen-bond donors (Lipinski definition) is 1. The number of alkyl halides is 3. The fourth-order valence-corrected chi connectivity index (χ4v) is 3.19. The van der Waals surface area contributed by atoms with E-state index in [2.05, 4.69) is 0 Å². The van der Waals surface area contributed by atoms with Gasteiger partial charge in [0.05, 0.1) is 22.8 Å². The van der Waals surface area contributed by atoms with Gasteiger partial charge in [-0.3, -0.25) is 0 Å². The van der Waals surface area contributed by atoms with Crippen LogP contribution in [-0.2, 0) is 9.47 Å². The van der Waals surface area contributed by atoms with Crippen LogP contribution >= 0.6 is 23.2 Å². The zero-order valence-corrected chi connectivity index (χ0v) is 17.1. The molecule has 1 saturated heterocycles. The number of benzene rings is 1. The number of carbonyl (C=O) groups is 1. The van der Waals surface area contributed by atoms with Gasteiger partial charge in [-0.15, -0.1) is 0 Å². The lowest BCUT2D eigenvalue weighted by atomic mass is 9.90. The minimum Gasteiger partial charge on any atom is -0.444 e. The van der Waals surface area contributed by atoms with Crippen LogP contribution in [-0.4, -0.2) is 53.7 Å². The van der Waals surface area contributed by atoms with Gasteiger partial charge in [0.1, 0.15) is 5.60 Å². The molecule has 1 amide bonds. The van der Waals surface area contributed by atoms with Crippen molar-refractivity contribution in [1.29, 1.82) is 0 Å². The summed E-state index contributed by atoms with van der Waals surface area (Å²) in [5.41, 5.74) is -0.486. The highest BCUT2D eigenvalue weighted by molar-refractivity contribution is 6.42. The Morgan fingerprint density at radius 3 is 2.46 bits per heavy atom. The van der Waals surface area contributed by atoms with Gasteiger partial charge in [0, 0.05) is 19.0 Å². The van der Waals surface area contributed by atoms with Crippen molar-refractivity contribution in [3.8, 4) is 0 Å². The van der Waals surface area contributed by atoms with Gasteiger partial charge in [-0.2, -0.15) is 13.2 Å². The molecule has 1 aromatic carbocycles. The van der Waals surface area contributed by atoms with E-state index >= 15 is 0 Å². The molecule has 1 aliphatic rings. The molecule has 0 aromatic heterocycles. The number of aliphatic hydroxyl groups is 1. The molecule has 1 unspecified atom stereocenters. The number of hydrogen-bond acceptors (Lipinski definition) is 4. The van der Waals surface area contributed by atoms with E-state index in [1.165, 1.54) is 18.2 Å². The van der Waals surface area contributed by atoms with Crippen LogP contribution in [0.5, 0.6) is 0 Å². The minimum absolute atomic E-state index is 0.0216. The second kappa shape index (κ2) is 8.65. The second-order valence-corrected chi connectivity index (χ2v) is 8.36. The van der Waals surface area contributed by atoms with Crippen LogP contribution in [0.2, 0.25) is 10.0 Å². The molecule has 0 spiro atoms. The smallest absolute Gasteiger partial charge is 0.414 e. The van der Waals surface area contributed by atoms with Gasteiger partial charge in [0.25, 0.3) is 0 Å². The van der Waals surface area contributed by atoms with Gasteiger partial charge in [-0.05, 0) is 38.5 Å². The lowest BCUT2D eigenvalue weighted by Gasteiger charge is -2.33. The summed E-state index contributed by atoms with van der Waals surface area (Å²) < 4.78 is 50.8. The molecule has 5 nitrogen and oxygen atoms in total. The van der Waals surface area contributed by atoms with Crippen molar-refractivity contribution in [3.05, 3.63) is 33.8 Å². The quantitative estimate of drug-likeness (QED) is 0.710. The Bertz CT molecular complexity index is 709. The highest BCUT2D eigenvalue weighted by Crippen LogP contribution is 2.39. The Labute approximate surface area is 171 Å². The molecule has 1 N–H and O–H groups in total. The Kier molecular flexibility index (Phi) is 7.12. The molecule has 1 aliphatic heterocycles. The van der Waals surface area contributed by atoms with Crippen molar-refractivity contribution < 1.29 is 32.5 Å². The summed E-state index contributed by atoms with van der Waals surface area (Å²) in [5.74, 6) is -1.48. The zero-order valence-electron chi connectivity index (χ0n) is 15.6. The molecule has 28 heavy (non-hydrogen) atoms. The molecule has 0 radical (unpaired) electrons. The maximum absolute atomic E-state index is 13.3. The van der Waals surface area contributed by atoms with E-state index in [-0.39, 0.29) is 23.2 Å². The van der Waals surface area contributed by atoms with Crippen LogP contribution in [0.15, 0.2) is 18.2 Å². The Hall–Kier alpha value is -1.22. The lowest BCUT2D eigenvalue weighted by molar-refractivity contribution is -0.230. The first kappa shape index (κ1) is 23.1. The maximum atomic E-state index is 13.3. The number of rotatable bonds is 2.